The van der Waals surface area contributed by atoms with Crippen LogP contribution in [-0.2, 0) is 14.8 Å². The largest absolute Gasteiger partial charge is 0.352 e. The Labute approximate surface area is 167 Å². The summed E-state index contributed by atoms with van der Waals surface area (Å²) >= 11 is 0. The van der Waals surface area contributed by atoms with Crippen LogP contribution in [-0.4, -0.2) is 50.6 Å². The van der Waals surface area contributed by atoms with Crippen molar-refractivity contribution in [3.05, 3.63) is 29.8 Å². The van der Waals surface area contributed by atoms with E-state index in [-0.39, 0.29) is 48.0 Å². The zero-order valence-corrected chi connectivity index (χ0v) is 17.3. The second-order valence-electron chi connectivity index (χ2n) is 6.76. The Morgan fingerprint density at radius 1 is 1.26 bits per heavy atom. The lowest BCUT2D eigenvalue weighted by atomic mass is 10.1. The number of ketones is 1. The fourth-order valence-corrected chi connectivity index (χ4v) is 3.98. The first-order valence-corrected chi connectivity index (χ1v) is 10.3. The third-order valence-electron chi connectivity index (χ3n) is 4.64. The molecule has 1 aliphatic rings. The average molecular weight is 418 g/mol. The van der Waals surface area contributed by atoms with Crippen molar-refractivity contribution in [1.29, 1.82) is 0 Å². The van der Waals surface area contributed by atoms with Crippen molar-refractivity contribution in [3.63, 3.8) is 0 Å². The summed E-state index contributed by atoms with van der Waals surface area (Å²) in [5, 5.41) is 2.93. The SMILES string of the molecule is CC(=O)c1ccc(S(=O)(=O)N(C)CCCC(=O)NC(CN)C2CC2)cc1.Cl. The molecule has 7 nitrogen and oxygen atoms in total. The van der Waals surface area contributed by atoms with Crippen molar-refractivity contribution in [1.82, 2.24) is 9.62 Å². The normalized spacial score (nSPS) is 15.1. The Balaban J connectivity index is 0.00000364. The van der Waals surface area contributed by atoms with Gasteiger partial charge in [-0.05, 0) is 44.2 Å². The molecule has 9 heteroatoms. The molecule has 0 saturated heterocycles. The maximum absolute atomic E-state index is 12.5. The minimum Gasteiger partial charge on any atom is -0.352 e. The van der Waals surface area contributed by atoms with Gasteiger partial charge in [-0.2, -0.15) is 0 Å². The smallest absolute Gasteiger partial charge is 0.242 e. The fraction of sp³-hybridized carbons (Fsp3) is 0.556. The van der Waals surface area contributed by atoms with Gasteiger partial charge in [0.1, 0.15) is 0 Å². The summed E-state index contributed by atoms with van der Waals surface area (Å²) in [6, 6.07) is 5.89. The van der Waals surface area contributed by atoms with Crippen molar-refractivity contribution in [2.75, 3.05) is 20.1 Å². The molecule has 27 heavy (non-hydrogen) atoms. The van der Waals surface area contributed by atoms with E-state index in [1.54, 1.807) is 0 Å². The molecular formula is C18H28ClN3O4S. The summed E-state index contributed by atoms with van der Waals surface area (Å²) in [7, 11) is -2.16. The highest BCUT2D eigenvalue weighted by Crippen LogP contribution is 2.32. The lowest BCUT2D eigenvalue weighted by Gasteiger charge is -2.18. The number of hydrogen-bond acceptors (Lipinski definition) is 5. The first-order chi connectivity index (χ1) is 12.3. The van der Waals surface area contributed by atoms with E-state index in [0.29, 0.717) is 24.4 Å². The van der Waals surface area contributed by atoms with E-state index in [1.165, 1.54) is 42.5 Å². The van der Waals surface area contributed by atoms with Gasteiger partial charge < -0.3 is 11.1 Å². The molecule has 0 heterocycles. The van der Waals surface area contributed by atoms with Crippen LogP contribution in [0.4, 0.5) is 0 Å². The van der Waals surface area contributed by atoms with Crippen LogP contribution in [0.1, 0.15) is 43.0 Å². The van der Waals surface area contributed by atoms with Crippen molar-refractivity contribution >= 4 is 34.1 Å². The molecule has 152 valence electrons. The van der Waals surface area contributed by atoms with Gasteiger partial charge in [-0.3, -0.25) is 9.59 Å². The lowest BCUT2D eigenvalue weighted by Crippen LogP contribution is -2.41. The van der Waals surface area contributed by atoms with E-state index in [9.17, 15) is 18.0 Å². The molecule has 1 saturated carbocycles. The average Bonchev–Trinajstić information content (AvgIpc) is 3.44. The van der Waals surface area contributed by atoms with E-state index in [0.717, 1.165) is 12.8 Å². The third-order valence-corrected chi connectivity index (χ3v) is 6.51. The highest BCUT2D eigenvalue weighted by molar-refractivity contribution is 7.89. The number of sulfonamides is 1. The maximum atomic E-state index is 12.5. The van der Waals surface area contributed by atoms with Gasteiger partial charge in [0, 0.05) is 38.2 Å². The number of nitrogens with two attached hydrogens (primary N) is 1. The van der Waals surface area contributed by atoms with Gasteiger partial charge in [0.05, 0.1) is 4.90 Å². The summed E-state index contributed by atoms with van der Waals surface area (Å²) in [6.07, 6.45) is 2.89. The van der Waals surface area contributed by atoms with E-state index < -0.39 is 10.0 Å². The van der Waals surface area contributed by atoms with Gasteiger partial charge in [-0.15, -0.1) is 12.4 Å². The zero-order chi connectivity index (χ0) is 19.3. The number of halogens is 1. The number of benzene rings is 1. The van der Waals surface area contributed by atoms with Crippen LogP contribution in [0.3, 0.4) is 0 Å². The summed E-state index contributed by atoms with van der Waals surface area (Å²) in [6.45, 7) is 2.10. The Hall–Kier alpha value is -1.48. The fourth-order valence-electron chi connectivity index (χ4n) is 2.77. The first kappa shape index (κ1) is 23.6. The molecule has 1 aliphatic carbocycles. The molecule has 0 aromatic heterocycles. The van der Waals surface area contributed by atoms with Crippen LogP contribution in [0.15, 0.2) is 29.2 Å². The molecule has 2 rings (SSSR count). The Bertz CT molecular complexity index is 748. The van der Waals surface area contributed by atoms with Crippen LogP contribution >= 0.6 is 12.4 Å². The molecule has 1 unspecified atom stereocenters. The van der Waals surface area contributed by atoms with Crippen molar-refractivity contribution < 1.29 is 18.0 Å². The minimum absolute atomic E-state index is 0. The molecule has 1 aromatic carbocycles. The molecule has 1 atom stereocenters. The number of rotatable bonds is 10. The Morgan fingerprint density at radius 2 is 1.85 bits per heavy atom. The van der Waals surface area contributed by atoms with E-state index in [1.807, 2.05) is 0 Å². The number of carbonyl (C=O) groups excluding carboxylic acids is 2. The zero-order valence-electron chi connectivity index (χ0n) is 15.7. The predicted octanol–water partition coefficient (Wildman–Crippen LogP) is 1.57. The molecule has 0 aliphatic heterocycles. The number of hydrogen-bond donors (Lipinski definition) is 2. The summed E-state index contributed by atoms with van der Waals surface area (Å²) in [5.41, 5.74) is 6.13. The second-order valence-corrected chi connectivity index (χ2v) is 8.80. The molecule has 0 radical (unpaired) electrons. The van der Waals surface area contributed by atoms with E-state index >= 15 is 0 Å². The molecule has 1 fully saturated rings. The molecule has 1 amide bonds. The third kappa shape index (κ3) is 6.57. The number of nitrogens with one attached hydrogen (secondary N) is 1. The molecular weight excluding hydrogens is 390 g/mol. The summed E-state index contributed by atoms with van der Waals surface area (Å²) in [5.74, 6) is 0.282. The predicted molar refractivity (Wildman–Crippen MR) is 106 cm³/mol. The van der Waals surface area contributed by atoms with Gasteiger partial charge >= 0.3 is 0 Å². The van der Waals surface area contributed by atoms with Crippen LogP contribution in [0.25, 0.3) is 0 Å². The van der Waals surface area contributed by atoms with E-state index in [2.05, 4.69) is 5.32 Å². The highest BCUT2D eigenvalue weighted by atomic mass is 35.5. The Kier molecular flexibility index (Phi) is 8.87. The maximum Gasteiger partial charge on any atom is 0.242 e. The van der Waals surface area contributed by atoms with Gasteiger partial charge in [-0.25, -0.2) is 12.7 Å². The molecule has 1 aromatic rings. The van der Waals surface area contributed by atoms with Gasteiger partial charge in [0.15, 0.2) is 5.78 Å². The number of nitrogens with zero attached hydrogens (tertiary/aromatic N) is 1. The van der Waals surface area contributed by atoms with E-state index in [4.69, 9.17) is 5.73 Å². The highest BCUT2D eigenvalue weighted by Gasteiger charge is 2.31. The Morgan fingerprint density at radius 3 is 2.33 bits per heavy atom. The number of carbonyl (C=O) groups is 2. The second kappa shape index (κ2) is 10.2. The number of Topliss-reactive ketones (excluding diaryl/α,β-unsaturated/α-hetero) is 1. The van der Waals surface area contributed by atoms with Crippen LogP contribution < -0.4 is 11.1 Å². The van der Waals surface area contributed by atoms with Crippen LogP contribution in [0.2, 0.25) is 0 Å². The van der Waals surface area contributed by atoms with Crippen LogP contribution in [0, 0.1) is 5.92 Å². The minimum atomic E-state index is -3.64. The monoisotopic (exact) mass is 417 g/mol. The summed E-state index contributed by atoms with van der Waals surface area (Å²) < 4.78 is 26.3. The topological polar surface area (TPSA) is 110 Å². The van der Waals surface area contributed by atoms with Gasteiger partial charge in [0.2, 0.25) is 15.9 Å². The molecule has 0 bridgehead atoms. The molecule has 3 N–H and O–H groups in total. The summed E-state index contributed by atoms with van der Waals surface area (Å²) in [4.78, 5) is 23.4. The van der Waals surface area contributed by atoms with Crippen LogP contribution in [0.5, 0.6) is 0 Å². The first-order valence-electron chi connectivity index (χ1n) is 8.82. The van der Waals surface area contributed by atoms with Gasteiger partial charge in [0.25, 0.3) is 0 Å². The number of amides is 1. The standard InChI is InChI=1S/C18H27N3O4S.ClH/c1-13(22)14-7-9-16(10-8-14)26(24,25)21(2)11-3-4-18(23)20-17(12-19)15-5-6-15;/h7-10,15,17H,3-6,11-12,19H2,1-2H3,(H,20,23);1H. The lowest BCUT2D eigenvalue weighted by molar-refractivity contribution is -0.122. The van der Waals surface area contributed by atoms with Gasteiger partial charge in [-0.1, -0.05) is 12.1 Å². The van der Waals surface area contributed by atoms with Crippen molar-refractivity contribution in [3.8, 4) is 0 Å². The quantitative estimate of drug-likeness (QED) is 0.561. The van der Waals surface area contributed by atoms with Crippen molar-refractivity contribution in [2.24, 2.45) is 11.7 Å². The van der Waals surface area contributed by atoms with Crippen molar-refractivity contribution in [2.45, 2.75) is 43.5 Å². The molecule has 0 spiro atoms.